The van der Waals surface area contributed by atoms with Crippen molar-refractivity contribution in [3.05, 3.63) is 52.4 Å². The number of halogens is 1. The highest BCUT2D eigenvalue weighted by atomic mass is 19.1. The van der Waals surface area contributed by atoms with Gasteiger partial charge in [0.15, 0.2) is 5.82 Å². The number of aliphatic hydroxyl groups is 1. The summed E-state index contributed by atoms with van der Waals surface area (Å²) in [6.07, 6.45) is 3.82. The Balaban J connectivity index is 1.82. The summed E-state index contributed by atoms with van der Waals surface area (Å²) in [6, 6.07) is 10.9. The number of benzene rings is 1. The molecule has 0 aliphatic heterocycles. The van der Waals surface area contributed by atoms with Crippen LogP contribution in [-0.4, -0.2) is 26.0 Å². The summed E-state index contributed by atoms with van der Waals surface area (Å²) in [7, 11) is 0. The Morgan fingerprint density at radius 1 is 1.31 bits per heavy atom. The standard InChI is InChI=1S/C21H22FN5O2/c22-13-14-1-3-15(4-2-14)25-19-18-17(7-12-24-20(18)29)27(26-19)21(10-11-23)8-5-16(28)6-9-21/h1-4,7,12,16,28H,5-6,8-10,13H2,(H,24,29)(H,25,26). The number of aliphatic hydroxyl groups excluding tert-OH is 1. The summed E-state index contributed by atoms with van der Waals surface area (Å²) >= 11 is 0. The smallest absolute Gasteiger partial charge is 0.261 e. The SMILES string of the molecule is N#CCC1(n2nc(Nc3ccc(CF)cc3)c3c(=O)[nH]ccc32)CCC(O)CC1. The molecule has 3 N–H and O–H groups in total. The molecule has 0 radical (unpaired) electrons. The van der Waals surface area contributed by atoms with Gasteiger partial charge in [0.05, 0.1) is 29.6 Å². The Labute approximate surface area is 166 Å². The lowest BCUT2D eigenvalue weighted by atomic mass is 9.78. The number of nitriles is 1. The van der Waals surface area contributed by atoms with E-state index in [4.69, 9.17) is 5.10 Å². The molecule has 4 rings (SSSR count). The van der Waals surface area contributed by atoms with E-state index in [0.29, 0.717) is 53.7 Å². The van der Waals surface area contributed by atoms with Crippen molar-refractivity contribution in [1.82, 2.24) is 14.8 Å². The van der Waals surface area contributed by atoms with E-state index in [1.165, 1.54) is 0 Å². The number of alkyl halides is 1. The number of aromatic amines is 1. The second-order valence-corrected chi connectivity index (χ2v) is 7.57. The van der Waals surface area contributed by atoms with Crippen LogP contribution >= 0.6 is 0 Å². The van der Waals surface area contributed by atoms with Gasteiger partial charge in [0, 0.05) is 11.9 Å². The topological polar surface area (TPSA) is 107 Å². The van der Waals surface area contributed by atoms with Crippen LogP contribution in [0.5, 0.6) is 0 Å². The van der Waals surface area contributed by atoms with E-state index in [1.807, 2.05) is 0 Å². The van der Waals surface area contributed by atoms with Gasteiger partial charge in [-0.1, -0.05) is 12.1 Å². The third-order valence-electron chi connectivity index (χ3n) is 5.72. The van der Waals surface area contributed by atoms with Gasteiger partial charge in [0.2, 0.25) is 0 Å². The number of H-pyrrole nitrogens is 1. The first-order valence-electron chi connectivity index (χ1n) is 9.64. The van der Waals surface area contributed by atoms with E-state index in [-0.39, 0.29) is 18.1 Å². The van der Waals surface area contributed by atoms with Gasteiger partial charge < -0.3 is 15.4 Å². The Hall–Kier alpha value is -3.18. The molecule has 0 unspecified atom stereocenters. The van der Waals surface area contributed by atoms with Gasteiger partial charge in [0.1, 0.15) is 12.1 Å². The summed E-state index contributed by atoms with van der Waals surface area (Å²) in [5, 5.41) is 27.7. The third kappa shape index (κ3) is 3.49. The maximum Gasteiger partial charge on any atom is 0.261 e. The van der Waals surface area contributed by atoms with Gasteiger partial charge in [-0.3, -0.25) is 9.48 Å². The maximum absolute atomic E-state index is 12.8. The molecule has 0 spiro atoms. The van der Waals surface area contributed by atoms with E-state index in [2.05, 4.69) is 16.4 Å². The Morgan fingerprint density at radius 3 is 2.69 bits per heavy atom. The largest absolute Gasteiger partial charge is 0.393 e. The Morgan fingerprint density at radius 2 is 2.03 bits per heavy atom. The van der Waals surface area contributed by atoms with Crippen LogP contribution in [0, 0.1) is 11.3 Å². The number of rotatable bonds is 5. The molecule has 2 aromatic heterocycles. The highest BCUT2D eigenvalue weighted by Crippen LogP contribution is 2.40. The van der Waals surface area contributed by atoms with Crippen molar-refractivity contribution < 1.29 is 9.50 Å². The van der Waals surface area contributed by atoms with Crippen molar-refractivity contribution in [2.75, 3.05) is 5.32 Å². The van der Waals surface area contributed by atoms with Crippen LogP contribution in [0.25, 0.3) is 10.9 Å². The van der Waals surface area contributed by atoms with Crippen LogP contribution in [0.15, 0.2) is 41.3 Å². The van der Waals surface area contributed by atoms with Crippen molar-refractivity contribution in [3.63, 3.8) is 0 Å². The molecule has 150 valence electrons. The summed E-state index contributed by atoms with van der Waals surface area (Å²) in [5.74, 6) is 0.387. The summed E-state index contributed by atoms with van der Waals surface area (Å²) in [6.45, 7) is -0.542. The molecule has 7 nitrogen and oxygen atoms in total. The lowest BCUT2D eigenvalue weighted by Crippen LogP contribution is -2.39. The summed E-state index contributed by atoms with van der Waals surface area (Å²) in [5.41, 5.74) is 1.05. The zero-order chi connectivity index (χ0) is 20.4. The van der Waals surface area contributed by atoms with E-state index in [1.54, 1.807) is 41.2 Å². The van der Waals surface area contributed by atoms with Crippen molar-refractivity contribution in [2.24, 2.45) is 0 Å². The van der Waals surface area contributed by atoms with E-state index in [0.717, 1.165) is 0 Å². The lowest BCUT2D eigenvalue weighted by Gasteiger charge is -2.38. The molecule has 0 atom stereocenters. The Bertz CT molecular complexity index is 1100. The van der Waals surface area contributed by atoms with E-state index in [9.17, 15) is 19.6 Å². The average Bonchev–Trinajstić information content (AvgIpc) is 3.11. The van der Waals surface area contributed by atoms with Gasteiger partial charge in [-0.2, -0.15) is 10.4 Å². The second kappa shape index (κ2) is 7.68. The van der Waals surface area contributed by atoms with Crippen molar-refractivity contribution in [1.29, 1.82) is 5.26 Å². The highest BCUT2D eigenvalue weighted by Gasteiger charge is 2.39. The van der Waals surface area contributed by atoms with Crippen molar-refractivity contribution in [3.8, 4) is 6.07 Å². The highest BCUT2D eigenvalue weighted by molar-refractivity contribution is 5.91. The number of pyridine rings is 1. The lowest BCUT2D eigenvalue weighted by molar-refractivity contribution is 0.0655. The molecule has 8 heteroatoms. The maximum atomic E-state index is 12.8. The first kappa shape index (κ1) is 19.2. The van der Waals surface area contributed by atoms with Crippen LogP contribution < -0.4 is 10.9 Å². The van der Waals surface area contributed by atoms with Crippen LogP contribution in [-0.2, 0) is 12.2 Å². The van der Waals surface area contributed by atoms with Gasteiger partial charge in [0.25, 0.3) is 5.56 Å². The molecule has 1 aliphatic carbocycles. The minimum atomic E-state index is -0.571. The number of nitrogens with one attached hydrogen (secondary N) is 2. The van der Waals surface area contributed by atoms with Crippen molar-refractivity contribution >= 4 is 22.4 Å². The molecule has 29 heavy (non-hydrogen) atoms. The molecule has 0 amide bonds. The van der Waals surface area contributed by atoms with Crippen LogP contribution in [0.1, 0.15) is 37.7 Å². The zero-order valence-corrected chi connectivity index (χ0v) is 15.9. The monoisotopic (exact) mass is 395 g/mol. The van der Waals surface area contributed by atoms with Crippen LogP contribution in [0.3, 0.4) is 0 Å². The predicted molar refractivity (Wildman–Crippen MR) is 108 cm³/mol. The number of fused-ring (bicyclic) bond motifs is 1. The molecular weight excluding hydrogens is 373 g/mol. The van der Waals surface area contributed by atoms with E-state index < -0.39 is 12.2 Å². The van der Waals surface area contributed by atoms with Gasteiger partial charge in [-0.05, 0) is 49.4 Å². The minimum Gasteiger partial charge on any atom is -0.393 e. The number of aromatic nitrogens is 3. The van der Waals surface area contributed by atoms with Crippen molar-refractivity contribution in [2.45, 2.75) is 50.4 Å². The number of hydrogen-bond donors (Lipinski definition) is 3. The summed E-state index contributed by atoms with van der Waals surface area (Å²) < 4.78 is 14.6. The van der Waals surface area contributed by atoms with E-state index >= 15 is 0 Å². The third-order valence-corrected chi connectivity index (χ3v) is 5.72. The molecule has 1 saturated carbocycles. The zero-order valence-electron chi connectivity index (χ0n) is 15.9. The van der Waals surface area contributed by atoms with Crippen LogP contribution in [0.2, 0.25) is 0 Å². The molecule has 3 aromatic rings. The quantitative estimate of drug-likeness (QED) is 0.613. The Kier molecular flexibility index (Phi) is 5.07. The van der Waals surface area contributed by atoms with Crippen LogP contribution in [0.4, 0.5) is 15.9 Å². The first-order valence-corrected chi connectivity index (χ1v) is 9.64. The normalized spacial score (nSPS) is 21.8. The molecule has 1 aromatic carbocycles. The minimum absolute atomic E-state index is 0.244. The fourth-order valence-corrected chi connectivity index (χ4v) is 4.09. The predicted octanol–water partition coefficient (Wildman–Crippen LogP) is 3.48. The van der Waals surface area contributed by atoms with Gasteiger partial charge >= 0.3 is 0 Å². The molecule has 0 saturated heterocycles. The molecule has 0 bridgehead atoms. The molecule has 2 heterocycles. The summed E-state index contributed by atoms with van der Waals surface area (Å²) in [4.78, 5) is 15.3. The fraction of sp³-hybridized carbons (Fsp3) is 0.381. The molecule has 1 fully saturated rings. The molecular formula is C21H22FN5O2. The van der Waals surface area contributed by atoms with Gasteiger partial charge in [-0.15, -0.1) is 0 Å². The average molecular weight is 395 g/mol. The molecule has 1 aliphatic rings. The van der Waals surface area contributed by atoms with Gasteiger partial charge in [-0.25, -0.2) is 4.39 Å². The number of nitrogens with zero attached hydrogens (tertiary/aromatic N) is 3. The fourth-order valence-electron chi connectivity index (χ4n) is 4.09. The first-order chi connectivity index (χ1) is 14.1. The number of hydrogen-bond acceptors (Lipinski definition) is 5. The second-order valence-electron chi connectivity index (χ2n) is 7.57. The number of anilines is 2.